The molecule has 2 nitrogen and oxygen atoms in total. The minimum atomic E-state index is -0.164. The first-order valence-corrected chi connectivity index (χ1v) is 5.55. The molecule has 2 heteroatoms. The van der Waals surface area contributed by atoms with Crippen LogP contribution >= 0.6 is 0 Å². The topological polar surface area (TPSA) is 21.6 Å². The molecular formula is C13H17NO. The third-order valence-corrected chi connectivity index (χ3v) is 3.16. The molecule has 1 aromatic carbocycles. The van der Waals surface area contributed by atoms with E-state index in [0.29, 0.717) is 0 Å². The summed E-state index contributed by atoms with van der Waals surface area (Å²) < 4.78 is 5.95. The third kappa shape index (κ3) is 1.54. The average Bonchev–Trinajstić information content (AvgIpc) is 2.27. The standard InChI is InChI=1S/C13H17NO/c1-4-13(5-2)11-8-6-7-9-12(11)14-10(3)15-13/h6-9H,4-5H2,1-3H3. The predicted octanol–water partition coefficient (Wildman–Crippen LogP) is 3.78. The van der Waals surface area contributed by atoms with Crippen molar-refractivity contribution in [2.24, 2.45) is 4.99 Å². The minimum Gasteiger partial charge on any atom is -0.470 e. The number of aliphatic imine (C=N–C) groups is 1. The van der Waals surface area contributed by atoms with Crippen molar-refractivity contribution in [1.29, 1.82) is 0 Å². The lowest BCUT2D eigenvalue weighted by Gasteiger charge is -2.36. The molecule has 2 rings (SSSR count). The fourth-order valence-corrected chi connectivity index (χ4v) is 2.26. The molecule has 0 amide bonds. The second kappa shape index (κ2) is 3.69. The first kappa shape index (κ1) is 10.2. The van der Waals surface area contributed by atoms with Gasteiger partial charge in [0.25, 0.3) is 0 Å². The molecule has 0 saturated heterocycles. The maximum atomic E-state index is 5.95. The van der Waals surface area contributed by atoms with E-state index in [0.717, 1.165) is 24.4 Å². The summed E-state index contributed by atoms with van der Waals surface area (Å²) in [5.41, 5.74) is 2.12. The summed E-state index contributed by atoms with van der Waals surface area (Å²) in [6, 6.07) is 8.26. The van der Waals surface area contributed by atoms with Crippen LogP contribution < -0.4 is 0 Å². The van der Waals surface area contributed by atoms with Gasteiger partial charge in [0.2, 0.25) is 0 Å². The number of ether oxygens (including phenoxy) is 1. The molecule has 1 aliphatic heterocycles. The van der Waals surface area contributed by atoms with Gasteiger partial charge in [-0.15, -0.1) is 0 Å². The highest BCUT2D eigenvalue weighted by Crippen LogP contribution is 2.41. The number of fused-ring (bicyclic) bond motifs is 1. The molecule has 0 N–H and O–H groups in total. The van der Waals surface area contributed by atoms with E-state index in [4.69, 9.17) is 4.74 Å². The molecule has 1 heterocycles. The molecule has 80 valence electrons. The van der Waals surface area contributed by atoms with Crippen molar-refractivity contribution in [2.75, 3.05) is 0 Å². The van der Waals surface area contributed by atoms with E-state index < -0.39 is 0 Å². The summed E-state index contributed by atoms with van der Waals surface area (Å²) in [4.78, 5) is 4.43. The molecule has 15 heavy (non-hydrogen) atoms. The molecule has 1 aliphatic rings. The smallest absolute Gasteiger partial charge is 0.186 e. The van der Waals surface area contributed by atoms with Crippen molar-refractivity contribution in [3.8, 4) is 0 Å². The van der Waals surface area contributed by atoms with Gasteiger partial charge < -0.3 is 4.74 Å². The van der Waals surface area contributed by atoms with Crippen LogP contribution in [0.2, 0.25) is 0 Å². The van der Waals surface area contributed by atoms with E-state index in [9.17, 15) is 0 Å². The largest absolute Gasteiger partial charge is 0.470 e. The number of hydrogen-bond acceptors (Lipinski definition) is 2. The van der Waals surface area contributed by atoms with Crippen LogP contribution in [0.15, 0.2) is 29.3 Å². The Bertz CT molecular complexity index is 391. The van der Waals surface area contributed by atoms with Gasteiger partial charge in [0.15, 0.2) is 5.90 Å². The number of benzene rings is 1. The zero-order valence-corrected chi connectivity index (χ0v) is 9.58. The zero-order valence-electron chi connectivity index (χ0n) is 9.58. The Morgan fingerprint density at radius 3 is 2.53 bits per heavy atom. The second-order valence-electron chi connectivity index (χ2n) is 3.95. The van der Waals surface area contributed by atoms with Gasteiger partial charge in [-0.3, -0.25) is 0 Å². The number of rotatable bonds is 2. The van der Waals surface area contributed by atoms with Gasteiger partial charge >= 0.3 is 0 Å². The van der Waals surface area contributed by atoms with E-state index in [1.54, 1.807) is 0 Å². The first-order chi connectivity index (χ1) is 7.22. The monoisotopic (exact) mass is 203 g/mol. The summed E-state index contributed by atoms with van der Waals surface area (Å²) >= 11 is 0. The number of para-hydroxylation sites is 1. The Morgan fingerprint density at radius 2 is 1.87 bits per heavy atom. The molecule has 0 atom stereocenters. The van der Waals surface area contributed by atoms with Crippen LogP contribution in [0.3, 0.4) is 0 Å². The Morgan fingerprint density at radius 1 is 1.20 bits per heavy atom. The molecule has 0 fully saturated rings. The molecule has 0 bridgehead atoms. The fraction of sp³-hybridized carbons (Fsp3) is 0.462. The quantitative estimate of drug-likeness (QED) is 0.716. The van der Waals surface area contributed by atoms with Crippen LogP contribution in [-0.4, -0.2) is 5.90 Å². The van der Waals surface area contributed by atoms with Crippen LogP contribution in [0.1, 0.15) is 39.2 Å². The van der Waals surface area contributed by atoms with Crippen LogP contribution in [0.4, 0.5) is 5.69 Å². The van der Waals surface area contributed by atoms with Crippen molar-refractivity contribution >= 4 is 11.6 Å². The molecular weight excluding hydrogens is 186 g/mol. The van der Waals surface area contributed by atoms with Crippen molar-refractivity contribution in [1.82, 2.24) is 0 Å². The van der Waals surface area contributed by atoms with Gasteiger partial charge in [0.1, 0.15) is 5.60 Å². The Balaban J connectivity index is 2.59. The Kier molecular flexibility index (Phi) is 2.51. The SMILES string of the molecule is CCC1(CC)OC(C)=Nc2ccccc21. The van der Waals surface area contributed by atoms with Gasteiger partial charge in [-0.05, 0) is 18.9 Å². The van der Waals surface area contributed by atoms with Crippen molar-refractivity contribution in [3.05, 3.63) is 29.8 Å². The fourth-order valence-electron chi connectivity index (χ4n) is 2.26. The van der Waals surface area contributed by atoms with E-state index >= 15 is 0 Å². The highest BCUT2D eigenvalue weighted by molar-refractivity contribution is 5.80. The molecule has 0 radical (unpaired) electrons. The van der Waals surface area contributed by atoms with Crippen LogP contribution in [-0.2, 0) is 10.3 Å². The zero-order chi connectivity index (χ0) is 10.9. The van der Waals surface area contributed by atoms with Crippen LogP contribution in [0, 0.1) is 0 Å². The summed E-state index contributed by atoms with van der Waals surface area (Å²) in [5, 5.41) is 0. The summed E-state index contributed by atoms with van der Waals surface area (Å²) in [6.07, 6.45) is 1.96. The van der Waals surface area contributed by atoms with E-state index in [1.165, 1.54) is 5.56 Å². The van der Waals surface area contributed by atoms with Crippen molar-refractivity contribution in [2.45, 2.75) is 39.2 Å². The van der Waals surface area contributed by atoms with Crippen molar-refractivity contribution < 1.29 is 4.74 Å². The third-order valence-electron chi connectivity index (χ3n) is 3.16. The first-order valence-electron chi connectivity index (χ1n) is 5.55. The van der Waals surface area contributed by atoms with Crippen LogP contribution in [0.5, 0.6) is 0 Å². The van der Waals surface area contributed by atoms with E-state index in [1.807, 2.05) is 13.0 Å². The van der Waals surface area contributed by atoms with Gasteiger partial charge in [0.05, 0.1) is 5.69 Å². The number of hydrogen-bond donors (Lipinski definition) is 0. The number of nitrogens with zero attached hydrogens (tertiary/aromatic N) is 1. The molecule has 1 aromatic rings. The van der Waals surface area contributed by atoms with E-state index in [2.05, 4.69) is 37.0 Å². The lowest BCUT2D eigenvalue weighted by Crippen LogP contribution is -2.32. The van der Waals surface area contributed by atoms with Gasteiger partial charge in [-0.2, -0.15) is 0 Å². The highest BCUT2D eigenvalue weighted by Gasteiger charge is 2.35. The Hall–Kier alpha value is -1.31. The highest BCUT2D eigenvalue weighted by atomic mass is 16.5. The lowest BCUT2D eigenvalue weighted by molar-refractivity contribution is 0.0394. The Labute approximate surface area is 91.0 Å². The van der Waals surface area contributed by atoms with Crippen molar-refractivity contribution in [3.63, 3.8) is 0 Å². The maximum absolute atomic E-state index is 5.95. The minimum absolute atomic E-state index is 0.164. The summed E-state index contributed by atoms with van der Waals surface area (Å²) in [7, 11) is 0. The maximum Gasteiger partial charge on any atom is 0.186 e. The summed E-state index contributed by atoms with van der Waals surface area (Å²) in [5.74, 6) is 0.775. The predicted molar refractivity (Wildman–Crippen MR) is 62.6 cm³/mol. The molecule has 0 aromatic heterocycles. The normalized spacial score (nSPS) is 17.7. The van der Waals surface area contributed by atoms with Gasteiger partial charge in [-0.1, -0.05) is 32.0 Å². The summed E-state index contributed by atoms with van der Waals surface area (Å²) in [6.45, 7) is 6.26. The molecule has 0 spiro atoms. The van der Waals surface area contributed by atoms with Gasteiger partial charge in [-0.25, -0.2) is 4.99 Å². The van der Waals surface area contributed by atoms with Crippen LogP contribution in [0.25, 0.3) is 0 Å². The molecule has 0 aliphatic carbocycles. The lowest BCUT2D eigenvalue weighted by atomic mass is 9.86. The van der Waals surface area contributed by atoms with Gasteiger partial charge in [0, 0.05) is 12.5 Å². The second-order valence-corrected chi connectivity index (χ2v) is 3.95. The average molecular weight is 203 g/mol. The molecule has 0 unspecified atom stereocenters. The van der Waals surface area contributed by atoms with E-state index in [-0.39, 0.29) is 5.60 Å². The molecule has 0 saturated carbocycles.